The molecule has 1 fully saturated rings. The van der Waals surface area contributed by atoms with E-state index >= 15 is 0 Å². The van der Waals surface area contributed by atoms with Crippen molar-refractivity contribution < 1.29 is 19.1 Å². The molecule has 0 unspecified atom stereocenters. The maximum Gasteiger partial charge on any atom is 0.247 e. The number of nitrogens with two attached hydrogens (primary N) is 1. The Balaban J connectivity index is 2.11. The van der Waals surface area contributed by atoms with Crippen molar-refractivity contribution in [2.75, 3.05) is 4.90 Å². The molecule has 2 amide bonds. The molecule has 0 aliphatic heterocycles. The molecule has 0 spiro atoms. The zero-order valence-electron chi connectivity index (χ0n) is 12.2. The lowest BCUT2D eigenvalue weighted by Crippen LogP contribution is -2.41. The molecule has 0 atom stereocenters. The fraction of sp³-hybridized carbons (Fsp3) is 0.176. The van der Waals surface area contributed by atoms with E-state index in [1.807, 2.05) is 0 Å². The maximum atomic E-state index is 14.2. The number of carbonyl (C=O) groups excluding carboxylic acids is 2. The van der Waals surface area contributed by atoms with Crippen LogP contribution in [0.3, 0.4) is 0 Å². The van der Waals surface area contributed by atoms with E-state index in [0.29, 0.717) is 18.5 Å². The summed E-state index contributed by atoms with van der Waals surface area (Å²) in [5, 5.41) is 9.41. The zero-order valence-corrected chi connectivity index (χ0v) is 12.2. The van der Waals surface area contributed by atoms with Gasteiger partial charge < -0.3 is 10.8 Å². The molecule has 1 aliphatic rings. The Labute approximate surface area is 132 Å². The van der Waals surface area contributed by atoms with Gasteiger partial charge in [0.05, 0.1) is 5.69 Å². The van der Waals surface area contributed by atoms with Crippen LogP contribution in [0.15, 0.2) is 48.5 Å². The van der Waals surface area contributed by atoms with Crippen LogP contribution in [0.4, 0.5) is 15.8 Å². The molecule has 3 N–H and O–H groups in total. The fourth-order valence-corrected chi connectivity index (χ4v) is 2.51. The van der Waals surface area contributed by atoms with E-state index < -0.39 is 23.0 Å². The van der Waals surface area contributed by atoms with Crippen LogP contribution in [0, 0.1) is 11.2 Å². The molecule has 2 aromatic rings. The first-order chi connectivity index (χ1) is 11.0. The monoisotopic (exact) mass is 314 g/mol. The number of phenols is 1. The van der Waals surface area contributed by atoms with E-state index in [1.165, 1.54) is 42.5 Å². The number of hydrogen-bond donors (Lipinski definition) is 2. The van der Waals surface area contributed by atoms with E-state index in [0.717, 1.165) is 4.90 Å². The van der Waals surface area contributed by atoms with Gasteiger partial charge >= 0.3 is 0 Å². The fourth-order valence-electron chi connectivity index (χ4n) is 2.51. The summed E-state index contributed by atoms with van der Waals surface area (Å²) in [5.41, 5.74) is 4.48. The number of carbonyl (C=O) groups is 2. The number of amides is 2. The van der Waals surface area contributed by atoms with E-state index in [2.05, 4.69) is 0 Å². The lowest BCUT2D eigenvalue weighted by molar-refractivity contribution is -0.133. The Hall–Kier alpha value is -2.89. The highest BCUT2D eigenvalue weighted by Gasteiger charge is 2.57. The third-order valence-corrected chi connectivity index (χ3v) is 4.04. The number of benzene rings is 2. The van der Waals surface area contributed by atoms with Crippen LogP contribution in [0.25, 0.3) is 0 Å². The lowest BCUT2D eigenvalue weighted by Gasteiger charge is -2.26. The molecule has 23 heavy (non-hydrogen) atoms. The van der Waals surface area contributed by atoms with Gasteiger partial charge in [0.1, 0.15) is 17.0 Å². The quantitative estimate of drug-likeness (QED) is 0.850. The van der Waals surface area contributed by atoms with Crippen molar-refractivity contribution in [2.45, 2.75) is 12.8 Å². The first-order valence-electron chi connectivity index (χ1n) is 7.14. The Kier molecular flexibility index (Phi) is 3.52. The largest absolute Gasteiger partial charge is 0.508 e. The van der Waals surface area contributed by atoms with Gasteiger partial charge in [-0.1, -0.05) is 12.1 Å². The second kappa shape index (κ2) is 5.39. The molecular formula is C17H15FN2O3. The third-order valence-electron chi connectivity index (χ3n) is 4.04. The number of nitrogens with zero attached hydrogens (tertiary/aromatic N) is 1. The molecule has 1 aliphatic carbocycles. The van der Waals surface area contributed by atoms with Crippen molar-refractivity contribution in [3.8, 4) is 5.75 Å². The summed E-state index contributed by atoms with van der Waals surface area (Å²) in [7, 11) is 0. The van der Waals surface area contributed by atoms with Crippen molar-refractivity contribution in [2.24, 2.45) is 11.1 Å². The molecule has 118 valence electrons. The highest BCUT2D eigenvalue weighted by atomic mass is 19.1. The van der Waals surface area contributed by atoms with Gasteiger partial charge in [0.25, 0.3) is 0 Å². The average Bonchev–Trinajstić information content (AvgIpc) is 3.33. The van der Waals surface area contributed by atoms with Gasteiger partial charge in [0.2, 0.25) is 11.8 Å². The molecule has 3 rings (SSSR count). The van der Waals surface area contributed by atoms with Crippen LogP contribution in [-0.2, 0) is 9.59 Å². The van der Waals surface area contributed by atoms with Crippen molar-refractivity contribution in [3.63, 3.8) is 0 Å². The normalized spacial score (nSPS) is 15.0. The van der Waals surface area contributed by atoms with Crippen LogP contribution in [0.1, 0.15) is 12.8 Å². The van der Waals surface area contributed by atoms with Gasteiger partial charge in [-0.05, 0) is 49.2 Å². The summed E-state index contributed by atoms with van der Waals surface area (Å²) in [6.45, 7) is 0. The molecule has 2 aromatic carbocycles. The van der Waals surface area contributed by atoms with Crippen LogP contribution < -0.4 is 10.6 Å². The Morgan fingerprint density at radius 3 is 2.22 bits per heavy atom. The van der Waals surface area contributed by atoms with Crippen molar-refractivity contribution in [1.29, 1.82) is 0 Å². The molecule has 0 heterocycles. The molecule has 0 bridgehead atoms. The predicted molar refractivity (Wildman–Crippen MR) is 82.5 cm³/mol. The summed E-state index contributed by atoms with van der Waals surface area (Å²) >= 11 is 0. The van der Waals surface area contributed by atoms with Gasteiger partial charge in [-0.3, -0.25) is 14.5 Å². The minimum atomic E-state index is -1.28. The maximum absolute atomic E-state index is 14.2. The number of phenolic OH excluding ortho intramolecular Hbond substituents is 1. The van der Waals surface area contributed by atoms with Crippen molar-refractivity contribution in [3.05, 3.63) is 54.3 Å². The highest BCUT2D eigenvalue weighted by Crippen LogP contribution is 2.49. The minimum Gasteiger partial charge on any atom is -0.508 e. The summed E-state index contributed by atoms with van der Waals surface area (Å²) in [5.74, 6) is -1.83. The van der Waals surface area contributed by atoms with Gasteiger partial charge in [-0.2, -0.15) is 0 Å². The second-order valence-corrected chi connectivity index (χ2v) is 5.55. The number of halogens is 1. The van der Waals surface area contributed by atoms with Gasteiger partial charge in [-0.25, -0.2) is 4.39 Å². The van der Waals surface area contributed by atoms with Crippen LogP contribution in [0.2, 0.25) is 0 Å². The Bertz CT molecular complexity index is 770. The summed E-state index contributed by atoms with van der Waals surface area (Å²) < 4.78 is 14.2. The smallest absolute Gasteiger partial charge is 0.247 e. The minimum absolute atomic E-state index is 0.0192. The van der Waals surface area contributed by atoms with Crippen LogP contribution >= 0.6 is 0 Å². The number of rotatable bonds is 4. The molecule has 1 saturated carbocycles. The van der Waals surface area contributed by atoms with E-state index in [4.69, 9.17) is 5.73 Å². The second-order valence-electron chi connectivity index (χ2n) is 5.55. The molecular weight excluding hydrogens is 299 g/mol. The summed E-state index contributed by atoms with van der Waals surface area (Å²) in [4.78, 5) is 25.7. The number of anilines is 2. The Morgan fingerprint density at radius 2 is 1.70 bits per heavy atom. The summed E-state index contributed by atoms with van der Waals surface area (Å²) in [6.07, 6.45) is 0.703. The number of hydrogen-bond acceptors (Lipinski definition) is 3. The van der Waals surface area contributed by atoms with E-state index in [1.54, 1.807) is 6.07 Å². The average molecular weight is 314 g/mol. The van der Waals surface area contributed by atoms with Gasteiger partial charge in [0, 0.05) is 5.69 Å². The first-order valence-corrected chi connectivity index (χ1v) is 7.14. The summed E-state index contributed by atoms with van der Waals surface area (Å²) in [6, 6.07) is 11.5. The zero-order chi connectivity index (χ0) is 16.6. The van der Waals surface area contributed by atoms with Gasteiger partial charge in [0.15, 0.2) is 0 Å². The highest BCUT2D eigenvalue weighted by molar-refractivity contribution is 6.16. The number of aromatic hydroxyl groups is 1. The van der Waals surface area contributed by atoms with Crippen LogP contribution in [0.5, 0.6) is 5.75 Å². The topological polar surface area (TPSA) is 83.6 Å². The molecule has 5 nitrogen and oxygen atoms in total. The molecule has 0 radical (unpaired) electrons. The van der Waals surface area contributed by atoms with Crippen molar-refractivity contribution >= 4 is 23.2 Å². The molecule has 0 saturated heterocycles. The van der Waals surface area contributed by atoms with Gasteiger partial charge in [-0.15, -0.1) is 0 Å². The number of para-hydroxylation sites is 1. The first kappa shape index (κ1) is 15.0. The van der Waals surface area contributed by atoms with Crippen LogP contribution in [-0.4, -0.2) is 16.9 Å². The standard InChI is InChI=1S/C17H15FN2O3/c18-13-3-1-2-4-14(13)20(11-5-7-12(21)8-6-11)16(23)17(9-10-17)15(19)22/h1-8,21H,9-10H2,(H2,19,22). The van der Waals surface area contributed by atoms with Crippen molar-refractivity contribution in [1.82, 2.24) is 0 Å². The number of primary amides is 1. The molecule has 0 aromatic heterocycles. The molecule has 6 heteroatoms. The predicted octanol–water partition coefficient (Wildman–Crippen LogP) is 2.46. The van der Waals surface area contributed by atoms with E-state index in [9.17, 15) is 19.1 Å². The SMILES string of the molecule is NC(=O)C1(C(=O)N(c2ccc(O)cc2)c2ccccc2F)CC1. The third kappa shape index (κ3) is 2.52. The lowest BCUT2D eigenvalue weighted by atomic mass is 10.0. The Morgan fingerprint density at radius 1 is 1.09 bits per heavy atom. The van der Waals surface area contributed by atoms with E-state index in [-0.39, 0.29) is 11.4 Å².